The average molecular weight is 274 g/mol. The van der Waals surface area contributed by atoms with Gasteiger partial charge in [-0.3, -0.25) is 0 Å². The van der Waals surface area contributed by atoms with Crippen molar-refractivity contribution in [1.29, 1.82) is 0 Å². The van der Waals surface area contributed by atoms with Crippen molar-refractivity contribution in [2.45, 2.75) is 32.7 Å². The van der Waals surface area contributed by atoms with Crippen molar-refractivity contribution in [3.63, 3.8) is 0 Å². The van der Waals surface area contributed by atoms with E-state index in [0.29, 0.717) is 6.61 Å². The molecule has 2 nitrogen and oxygen atoms in total. The summed E-state index contributed by atoms with van der Waals surface area (Å²) >= 11 is 5.67. The van der Waals surface area contributed by atoms with E-state index in [4.69, 9.17) is 16.3 Å². The Labute approximate surface area is 113 Å². The number of hydrogen-bond donors (Lipinski definition) is 1. The summed E-state index contributed by atoms with van der Waals surface area (Å²) in [7, 11) is 0. The first kappa shape index (κ1) is 15.4. The van der Waals surface area contributed by atoms with Crippen LogP contribution in [0.1, 0.15) is 25.8 Å². The van der Waals surface area contributed by atoms with Gasteiger partial charge in [0, 0.05) is 12.6 Å². The van der Waals surface area contributed by atoms with Crippen LogP contribution in [0.4, 0.5) is 4.39 Å². The molecule has 1 unspecified atom stereocenters. The monoisotopic (exact) mass is 273 g/mol. The highest BCUT2D eigenvalue weighted by Crippen LogP contribution is 2.16. The Morgan fingerprint density at radius 3 is 2.78 bits per heavy atom. The number of nitrogens with one attached hydrogen (secondary N) is 1. The molecule has 1 N–H and O–H groups in total. The predicted octanol–water partition coefficient (Wildman–Crippen LogP) is 3.43. The summed E-state index contributed by atoms with van der Waals surface area (Å²) in [6.07, 6.45) is 1.75. The number of hydrogen-bond acceptors (Lipinski definition) is 2. The van der Waals surface area contributed by atoms with Gasteiger partial charge in [0.25, 0.3) is 0 Å². The molecular formula is C14H21ClFNO. The number of likely N-dealkylation sites (N-methyl/N-ethyl adjacent to an activating group) is 1. The number of halogens is 2. The standard InChI is InChI=1S/C14H21ClFNO/c1-3-7-18-10-12(17-4-2)8-11-5-6-13(15)14(16)9-11/h5-6,9,12,17H,3-4,7-8,10H2,1-2H3. The minimum atomic E-state index is -0.362. The molecule has 1 rings (SSSR count). The first-order chi connectivity index (χ1) is 8.67. The van der Waals surface area contributed by atoms with Gasteiger partial charge in [-0.05, 0) is 37.1 Å². The van der Waals surface area contributed by atoms with Gasteiger partial charge in [-0.2, -0.15) is 0 Å². The fraction of sp³-hybridized carbons (Fsp3) is 0.571. The number of benzene rings is 1. The number of ether oxygens (including phenoxy) is 1. The van der Waals surface area contributed by atoms with Crippen molar-refractivity contribution < 1.29 is 9.13 Å². The number of rotatable bonds is 8. The molecule has 1 aromatic carbocycles. The van der Waals surface area contributed by atoms with Crippen LogP contribution in [-0.4, -0.2) is 25.8 Å². The normalized spacial score (nSPS) is 12.7. The molecule has 0 aliphatic rings. The highest BCUT2D eigenvalue weighted by Gasteiger charge is 2.10. The van der Waals surface area contributed by atoms with Crippen LogP contribution in [-0.2, 0) is 11.2 Å². The lowest BCUT2D eigenvalue weighted by Crippen LogP contribution is -2.35. The molecule has 0 heterocycles. The van der Waals surface area contributed by atoms with E-state index in [2.05, 4.69) is 19.2 Å². The molecule has 0 saturated heterocycles. The van der Waals surface area contributed by atoms with Crippen molar-refractivity contribution in [2.75, 3.05) is 19.8 Å². The van der Waals surface area contributed by atoms with Crippen molar-refractivity contribution >= 4 is 11.6 Å². The highest BCUT2D eigenvalue weighted by atomic mass is 35.5. The van der Waals surface area contributed by atoms with Gasteiger partial charge in [0.05, 0.1) is 11.6 Å². The quantitative estimate of drug-likeness (QED) is 0.733. The Morgan fingerprint density at radius 2 is 2.17 bits per heavy atom. The second-order valence-electron chi connectivity index (χ2n) is 4.28. The van der Waals surface area contributed by atoms with Crippen LogP contribution in [0.3, 0.4) is 0 Å². The van der Waals surface area contributed by atoms with Gasteiger partial charge in [-0.1, -0.05) is 31.5 Å². The van der Waals surface area contributed by atoms with E-state index < -0.39 is 0 Å². The van der Waals surface area contributed by atoms with Gasteiger partial charge < -0.3 is 10.1 Å². The summed E-state index contributed by atoms with van der Waals surface area (Å²) in [4.78, 5) is 0. The molecular weight excluding hydrogens is 253 g/mol. The minimum absolute atomic E-state index is 0.168. The van der Waals surface area contributed by atoms with Crippen molar-refractivity contribution in [3.05, 3.63) is 34.6 Å². The fourth-order valence-electron chi connectivity index (χ4n) is 1.80. The predicted molar refractivity (Wildman–Crippen MR) is 73.7 cm³/mol. The van der Waals surface area contributed by atoms with Crippen LogP contribution in [0.25, 0.3) is 0 Å². The SMILES string of the molecule is CCCOCC(Cc1ccc(Cl)c(F)c1)NCC. The maximum Gasteiger partial charge on any atom is 0.142 e. The van der Waals surface area contributed by atoms with Gasteiger partial charge >= 0.3 is 0 Å². The molecule has 0 amide bonds. The molecule has 0 spiro atoms. The summed E-state index contributed by atoms with van der Waals surface area (Å²) in [6.45, 7) is 6.41. The minimum Gasteiger partial charge on any atom is -0.380 e. The third kappa shape index (κ3) is 5.34. The first-order valence-corrected chi connectivity index (χ1v) is 6.80. The molecule has 18 heavy (non-hydrogen) atoms. The van der Waals surface area contributed by atoms with E-state index in [1.165, 1.54) is 6.07 Å². The van der Waals surface area contributed by atoms with Crippen LogP contribution in [0.2, 0.25) is 5.02 Å². The maximum absolute atomic E-state index is 13.3. The van der Waals surface area contributed by atoms with E-state index in [1.807, 2.05) is 6.07 Å². The molecule has 0 saturated carbocycles. The summed E-state index contributed by atoms with van der Waals surface area (Å²) < 4.78 is 18.9. The van der Waals surface area contributed by atoms with Gasteiger partial charge in [0.1, 0.15) is 5.82 Å². The van der Waals surface area contributed by atoms with Crippen LogP contribution in [0.15, 0.2) is 18.2 Å². The Hall–Kier alpha value is -0.640. The molecule has 0 bridgehead atoms. The van der Waals surface area contributed by atoms with E-state index >= 15 is 0 Å². The molecule has 102 valence electrons. The second-order valence-corrected chi connectivity index (χ2v) is 4.69. The van der Waals surface area contributed by atoms with E-state index in [0.717, 1.165) is 31.6 Å². The third-order valence-electron chi connectivity index (χ3n) is 2.63. The van der Waals surface area contributed by atoms with E-state index in [1.54, 1.807) is 6.07 Å². The van der Waals surface area contributed by atoms with E-state index in [-0.39, 0.29) is 16.9 Å². The Bertz CT molecular complexity index is 360. The molecule has 0 aliphatic carbocycles. The smallest absolute Gasteiger partial charge is 0.142 e. The maximum atomic E-state index is 13.3. The lowest BCUT2D eigenvalue weighted by molar-refractivity contribution is 0.112. The van der Waals surface area contributed by atoms with Crippen LogP contribution in [0.5, 0.6) is 0 Å². The molecule has 0 radical (unpaired) electrons. The van der Waals surface area contributed by atoms with Gasteiger partial charge in [0.15, 0.2) is 0 Å². The zero-order chi connectivity index (χ0) is 13.4. The lowest BCUT2D eigenvalue weighted by atomic mass is 10.1. The Morgan fingerprint density at radius 1 is 1.39 bits per heavy atom. The van der Waals surface area contributed by atoms with Gasteiger partial charge in [-0.25, -0.2) is 4.39 Å². The van der Waals surface area contributed by atoms with E-state index in [9.17, 15) is 4.39 Å². The summed E-state index contributed by atoms with van der Waals surface area (Å²) in [5.41, 5.74) is 0.933. The largest absolute Gasteiger partial charge is 0.380 e. The molecule has 0 fully saturated rings. The third-order valence-corrected chi connectivity index (χ3v) is 2.93. The van der Waals surface area contributed by atoms with Crippen LogP contribution < -0.4 is 5.32 Å². The molecule has 0 aromatic heterocycles. The summed E-state index contributed by atoms with van der Waals surface area (Å²) in [5.74, 6) is -0.362. The lowest BCUT2D eigenvalue weighted by Gasteiger charge is -2.18. The Balaban J connectivity index is 2.55. The topological polar surface area (TPSA) is 21.3 Å². The highest BCUT2D eigenvalue weighted by molar-refractivity contribution is 6.30. The molecule has 1 atom stereocenters. The average Bonchev–Trinajstić information content (AvgIpc) is 2.34. The first-order valence-electron chi connectivity index (χ1n) is 6.42. The Kier molecular flexibility index (Phi) is 7.25. The van der Waals surface area contributed by atoms with Gasteiger partial charge in [0.2, 0.25) is 0 Å². The van der Waals surface area contributed by atoms with Crippen LogP contribution >= 0.6 is 11.6 Å². The molecule has 1 aromatic rings. The zero-order valence-electron chi connectivity index (χ0n) is 11.0. The summed E-state index contributed by atoms with van der Waals surface area (Å²) in [5, 5.41) is 3.51. The molecule has 4 heteroatoms. The molecule has 0 aliphatic heterocycles. The van der Waals surface area contributed by atoms with Gasteiger partial charge in [-0.15, -0.1) is 0 Å². The van der Waals surface area contributed by atoms with Crippen molar-refractivity contribution in [2.24, 2.45) is 0 Å². The van der Waals surface area contributed by atoms with Crippen molar-refractivity contribution in [1.82, 2.24) is 5.32 Å². The fourth-order valence-corrected chi connectivity index (χ4v) is 1.92. The summed E-state index contributed by atoms with van der Waals surface area (Å²) in [6, 6.07) is 5.16. The van der Waals surface area contributed by atoms with Crippen LogP contribution in [0, 0.1) is 5.82 Å². The zero-order valence-corrected chi connectivity index (χ0v) is 11.8. The van der Waals surface area contributed by atoms with Crippen molar-refractivity contribution in [3.8, 4) is 0 Å². The second kappa shape index (κ2) is 8.46.